The Bertz CT molecular complexity index is 771. The van der Waals surface area contributed by atoms with E-state index in [9.17, 15) is 9.90 Å². The number of amides is 1. The molecule has 1 aromatic carbocycles. The van der Waals surface area contributed by atoms with Gasteiger partial charge < -0.3 is 15.7 Å². The number of nitrogens with one attached hydrogen (secondary N) is 2. The van der Waals surface area contributed by atoms with E-state index in [1.807, 2.05) is 0 Å². The maximum Gasteiger partial charge on any atom is 0.280 e. The van der Waals surface area contributed by atoms with Gasteiger partial charge in [0.2, 0.25) is 11.8 Å². The number of rotatable bonds is 3. The third kappa shape index (κ3) is 4.93. The maximum absolute atomic E-state index is 12.4. The fourth-order valence-electron chi connectivity index (χ4n) is 2.73. The number of aliphatic imine (C=N–C) groups is 1. The number of nitrogens with zero attached hydrogens (tertiary/aromatic N) is 2. The summed E-state index contributed by atoms with van der Waals surface area (Å²) in [4.78, 5) is 20.5. The highest BCUT2D eigenvalue weighted by Crippen LogP contribution is 2.18. The first-order valence-corrected chi connectivity index (χ1v) is 8.56. The molecular weight excluding hydrogens is 340 g/mol. The van der Waals surface area contributed by atoms with Gasteiger partial charge in [-0.1, -0.05) is 30.5 Å². The average molecular weight is 359 g/mol. The van der Waals surface area contributed by atoms with Crippen LogP contribution in [0.2, 0.25) is 5.02 Å². The first kappa shape index (κ1) is 17.2. The second-order valence-electron chi connectivity index (χ2n) is 5.90. The van der Waals surface area contributed by atoms with Crippen LogP contribution in [0.3, 0.4) is 0 Å². The number of halogens is 1. The molecule has 25 heavy (non-hydrogen) atoms. The second-order valence-corrected chi connectivity index (χ2v) is 6.34. The van der Waals surface area contributed by atoms with Gasteiger partial charge in [0, 0.05) is 22.7 Å². The van der Waals surface area contributed by atoms with Gasteiger partial charge in [-0.3, -0.25) is 4.79 Å². The van der Waals surface area contributed by atoms with Crippen molar-refractivity contribution in [1.82, 2.24) is 10.3 Å². The summed E-state index contributed by atoms with van der Waals surface area (Å²) in [7, 11) is 0. The lowest BCUT2D eigenvalue weighted by Crippen LogP contribution is -2.38. The van der Waals surface area contributed by atoms with Crippen molar-refractivity contribution in [2.45, 2.75) is 31.7 Å². The summed E-state index contributed by atoms with van der Waals surface area (Å²) in [5, 5.41) is 16.3. The normalized spacial score (nSPS) is 15.2. The zero-order valence-electron chi connectivity index (χ0n) is 13.6. The molecular formula is C18H19ClN4O2. The van der Waals surface area contributed by atoms with Crippen LogP contribution >= 0.6 is 11.6 Å². The summed E-state index contributed by atoms with van der Waals surface area (Å²) < 4.78 is 0. The van der Waals surface area contributed by atoms with Crippen LogP contribution in [0, 0.1) is 0 Å². The summed E-state index contributed by atoms with van der Waals surface area (Å²) in [6, 6.07) is 11.7. The fraction of sp³-hybridized carbons (Fsp3) is 0.278. The molecule has 1 aromatic heterocycles. The third-order valence-corrected chi connectivity index (χ3v) is 4.23. The van der Waals surface area contributed by atoms with Gasteiger partial charge >= 0.3 is 0 Å². The van der Waals surface area contributed by atoms with Crippen molar-refractivity contribution >= 4 is 29.3 Å². The van der Waals surface area contributed by atoms with Crippen LogP contribution in [0.25, 0.3) is 0 Å². The smallest absolute Gasteiger partial charge is 0.280 e. The number of aromatic nitrogens is 1. The molecule has 1 amide bonds. The van der Waals surface area contributed by atoms with Crippen molar-refractivity contribution in [3.8, 4) is 5.88 Å². The Kier molecular flexibility index (Phi) is 5.50. The summed E-state index contributed by atoms with van der Waals surface area (Å²) in [6.45, 7) is 0. The zero-order chi connectivity index (χ0) is 17.6. The van der Waals surface area contributed by atoms with E-state index in [0.717, 1.165) is 25.7 Å². The van der Waals surface area contributed by atoms with Gasteiger partial charge in [0.05, 0.1) is 0 Å². The summed E-state index contributed by atoms with van der Waals surface area (Å²) in [5.41, 5.74) is 0.445. The molecule has 3 rings (SSSR count). The topological polar surface area (TPSA) is 86.6 Å². The Morgan fingerprint density at radius 1 is 1.16 bits per heavy atom. The molecule has 0 spiro atoms. The number of hydrogen-bond donors (Lipinski definition) is 3. The molecule has 0 aliphatic heterocycles. The quantitative estimate of drug-likeness (QED) is 0.576. The van der Waals surface area contributed by atoms with Gasteiger partial charge in [-0.25, -0.2) is 0 Å². The molecule has 0 saturated heterocycles. The van der Waals surface area contributed by atoms with Crippen molar-refractivity contribution in [3.63, 3.8) is 0 Å². The monoisotopic (exact) mass is 358 g/mol. The molecule has 1 aliphatic carbocycles. The maximum atomic E-state index is 12.4. The number of carbonyl (C=O) groups excluding carboxylic acids is 1. The van der Waals surface area contributed by atoms with Gasteiger partial charge in [-0.2, -0.15) is 9.98 Å². The molecule has 3 N–H and O–H groups in total. The third-order valence-electron chi connectivity index (χ3n) is 3.98. The van der Waals surface area contributed by atoms with Crippen LogP contribution in [-0.4, -0.2) is 28.0 Å². The Morgan fingerprint density at radius 3 is 2.56 bits per heavy atom. The van der Waals surface area contributed by atoms with Crippen molar-refractivity contribution < 1.29 is 9.90 Å². The largest absolute Gasteiger partial charge is 0.493 e. The van der Waals surface area contributed by atoms with E-state index in [2.05, 4.69) is 20.6 Å². The first-order valence-electron chi connectivity index (χ1n) is 8.18. The molecule has 2 aromatic rings. The molecule has 1 saturated carbocycles. The van der Waals surface area contributed by atoms with Crippen molar-refractivity contribution in [3.05, 3.63) is 53.1 Å². The lowest BCUT2D eigenvalue weighted by Gasteiger charge is -2.16. The molecule has 1 fully saturated rings. The van der Waals surface area contributed by atoms with Crippen LogP contribution in [-0.2, 0) is 0 Å². The number of carbonyl (C=O) groups is 1. The second kappa shape index (κ2) is 7.98. The van der Waals surface area contributed by atoms with Gasteiger partial charge in [-0.15, -0.1) is 0 Å². The highest BCUT2D eigenvalue weighted by atomic mass is 35.5. The molecule has 0 atom stereocenters. The molecule has 7 heteroatoms. The predicted octanol–water partition coefficient (Wildman–Crippen LogP) is 3.58. The van der Waals surface area contributed by atoms with Gasteiger partial charge in [0.1, 0.15) is 5.82 Å². The van der Waals surface area contributed by atoms with Crippen molar-refractivity contribution in [2.24, 2.45) is 4.99 Å². The van der Waals surface area contributed by atoms with Crippen LogP contribution in [0.1, 0.15) is 36.0 Å². The lowest BCUT2D eigenvalue weighted by atomic mass is 10.2. The van der Waals surface area contributed by atoms with Crippen LogP contribution < -0.4 is 10.6 Å². The number of aromatic hydroxyl groups is 1. The van der Waals surface area contributed by atoms with Crippen molar-refractivity contribution in [2.75, 3.05) is 5.32 Å². The zero-order valence-corrected chi connectivity index (χ0v) is 14.3. The van der Waals surface area contributed by atoms with Crippen LogP contribution in [0.5, 0.6) is 5.88 Å². The SMILES string of the molecule is O=C(/N=C(\Nc1cccc(O)n1)NC1CCCC1)c1ccc(Cl)cc1. The highest BCUT2D eigenvalue weighted by molar-refractivity contribution is 6.30. The molecule has 0 unspecified atom stereocenters. The lowest BCUT2D eigenvalue weighted by molar-refractivity contribution is 0.100. The number of benzene rings is 1. The predicted molar refractivity (Wildman–Crippen MR) is 98.1 cm³/mol. The van der Waals surface area contributed by atoms with E-state index in [-0.39, 0.29) is 17.8 Å². The first-order chi connectivity index (χ1) is 12.1. The fourth-order valence-corrected chi connectivity index (χ4v) is 2.86. The van der Waals surface area contributed by atoms with Crippen LogP contribution in [0.4, 0.5) is 5.82 Å². The number of guanidine groups is 1. The molecule has 1 aliphatic rings. The molecule has 6 nitrogen and oxygen atoms in total. The minimum absolute atomic E-state index is 0.103. The van der Waals surface area contributed by atoms with Gasteiger partial charge in [0.15, 0.2) is 0 Å². The van der Waals surface area contributed by atoms with E-state index in [1.165, 1.54) is 6.07 Å². The Hall–Kier alpha value is -2.60. The van der Waals surface area contributed by atoms with Gasteiger partial charge in [0.25, 0.3) is 5.91 Å². The Balaban J connectivity index is 1.81. The highest BCUT2D eigenvalue weighted by Gasteiger charge is 2.17. The standard InChI is InChI=1S/C18H19ClN4O2/c19-13-10-8-12(9-11-13)17(25)23-18(20-14-4-1-2-5-14)22-15-6-3-7-16(24)21-15/h3,6-11,14H,1-2,4-5H2,(H3,20,21,22,23,24,25). The average Bonchev–Trinajstić information content (AvgIpc) is 3.08. The summed E-state index contributed by atoms with van der Waals surface area (Å²) in [6.07, 6.45) is 4.37. The summed E-state index contributed by atoms with van der Waals surface area (Å²) >= 11 is 5.85. The van der Waals surface area contributed by atoms with Crippen LogP contribution in [0.15, 0.2) is 47.5 Å². The molecule has 1 heterocycles. The molecule has 0 radical (unpaired) electrons. The van der Waals surface area contributed by atoms with Crippen molar-refractivity contribution in [1.29, 1.82) is 0 Å². The van der Waals surface area contributed by atoms with E-state index >= 15 is 0 Å². The van der Waals surface area contributed by atoms with E-state index in [4.69, 9.17) is 11.6 Å². The summed E-state index contributed by atoms with van der Waals surface area (Å²) in [5.74, 6) is 0.247. The van der Waals surface area contributed by atoms with Gasteiger partial charge in [-0.05, 0) is 43.2 Å². The Labute approximate surface area is 151 Å². The Morgan fingerprint density at radius 2 is 1.88 bits per heavy atom. The number of hydrogen-bond acceptors (Lipinski definition) is 3. The van der Waals surface area contributed by atoms with E-state index < -0.39 is 0 Å². The number of pyridine rings is 1. The minimum Gasteiger partial charge on any atom is -0.493 e. The molecule has 0 bridgehead atoms. The van der Waals surface area contributed by atoms with E-state index in [1.54, 1.807) is 36.4 Å². The number of anilines is 1. The molecule has 130 valence electrons. The van der Waals surface area contributed by atoms with E-state index in [0.29, 0.717) is 22.4 Å². The minimum atomic E-state index is -0.384.